The molecule has 2 N–H and O–H groups in total. The summed E-state index contributed by atoms with van der Waals surface area (Å²) in [6, 6.07) is 8.19. The molecule has 0 amide bonds. The van der Waals surface area contributed by atoms with Gasteiger partial charge in [-0.15, -0.1) is 0 Å². The maximum atomic E-state index is 5.95. The molecule has 1 fully saturated rings. The second-order valence-electron chi connectivity index (χ2n) is 4.71. The molecule has 0 aliphatic carbocycles. The number of nitrogens with zero attached hydrogens (tertiary/aromatic N) is 1. The summed E-state index contributed by atoms with van der Waals surface area (Å²) in [4.78, 5) is 0. The zero-order chi connectivity index (χ0) is 11.7. The minimum absolute atomic E-state index is 0.452. The second-order valence-corrected chi connectivity index (χ2v) is 4.71. The standard InChI is InChI=1S/C14H18N2O/c15-13-4-1-5-14-12(13)7-9-16(14)8-6-11-3-2-10-17-11/h1,4-5,7,9,11H,2-3,6,8,10,15H2. The van der Waals surface area contributed by atoms with Crippen molar-refractivity contribution in [1.82, 2.24) is 4.57 Å². The summed E-state index contributed by atoms with van der Waals surface area (Å²) in [5.74, 6) is 0. The first-order valence-corrected chi connectivity index (χ1v) is 6.29. The molecule has 1 atom stereocenters. The monoisotopic (exact) mass is 230 g/mol. The van der Waals surface area contributed by atoms with Crippen LogP contribution in [0.25, 0.3) is 10.9 Å². The summed E-state index contributed by atoms with van der Waals surface area (Å²) in [5.41, 5.74) is 8.03. The highest BCUT2D eigenvalue weighted by Crippen LogP contribution is 2.23. The van der Waals surface area contributed by atoms with Crippen molar-refractivity contribution in [3.05, 3.63) is 30.5 Å². The molecule has 1 aromatic carbocycles. The maximum absolute atomic E-state index is 5.95. The maximum Gasteiger partial charge on any atom is 0.0593 e. The van der Waals surface area contributed by atoms with Crippen molar-refractivity contribution in [3.63, 3.8) is 0 Å². The lowest BCUT2D eigenvalue weighted by molar-refractivity contribution is 0.101. The minimum atomic E-state index is 0.452. The van der Waals surface area contributed by atoms with Crippen molar-refractivity contribution in [2.24, 2.45) is 0 Å². The molecule has 2 heterocycles. The normalized spacial score (nSPS) is 20.1. The van der Waals surface area contributed by atoms with Gasteiger partial charge < -0.3 is 15.0 Å². The highest BCUT2D eigenvalue weighted by atomic mass is 16.5. The number of nitrogen functional groups attached to an aromatic ring is 1. The van der Waals surface area contributed by atoms with E-state index >= 15 is 0 Å². The second kappa shape index (κ2) is 4.41. The molecular formula is C14H18N2O. The first-order chi connectivity index (χ1) is 8.34. The van der Waals surface area contributed by atoms with E-state index in [0.717, 1.165) is 30.6 Å². The molecule has 90 valence electrons. The van der Waals surface area contributed by atoms with Crippen LogP contribution in [0.2, 0.25) is 0 Å². The average molecular weight is 230 g/mol. The highest BCUT2D eigenvalue weighted by molar-refractivity contribution is 5.91. The van der Waals surface area contributed by atoms with Gasteiger partial charge in [-0.05, 0) is 37.5 Å². The van der Waals surface area contributed by atoms with Gasteiger partial charge in [-0.2, -0.15) is 0 Å². The number of hydrogen-bond acceptors (Lipinski definition) is 2. The van der Waals surface area contributed by atoms with E-state index < -0.39 is 0 Å². The molecule has 1 aliphatic rings. The molecule has 3 rings (SSSR count). The fourth-order valence-corrected chi connectivity index (χ4v) is 2.60. The van der Waals surface area contributed by atoms with E-state index in [4.69, 9.17) is 10.5 Å². The van der Waals surface area contributed by atoms with E-state index in [0.29, 0.717) is 6.10 Å². The number of aromatic nitrogens is 1. The van der Waals surface area contributed by atoms with Crippen molar-refractivity contribution >= 4 is 16.6 Å². The van der Waals surface area contributed by atoms with E-state index in [1.54, 1.807) is 0 Å². The number of ether oxygens (including phenoxy) is 1. The predicted octanol–water partition coefficient (Wildman–Crippen LogP) is 2.79. The summed E-state index contributed by atoms with van der Waals surface area (Å²) in [6.07, 6.45) is 6.09. The van der Waals surface area contributed by atoms with Gasteiger partial charge in [0.15, 0.2) is 0 Å². The zero-order valence-electron chi connectivity index (χ0n) is 9.93. The van der Waals surface area contributed by atoms with Gasteiger partial charge in [-0.3, -0.25) is 0 Å². The zero-order valence-corrected chi connectivity index (χ0v) is 9.93. The van der Waals surface area contributed by atoms with Gasteiger partial charge in [0, 0.05) is 30.4 Å². The number of benzene rings is 1. The third-order valence-electron chi connectivity index (χ3n) is 3.56. The summed E-state index contributed by atoms with van der Waals surface area (Å²) in [5, 5.41) is 1.15. The van der Waals surface area contributed by atoms with Crippen LogP contribution in [-0.2, 0) is 11.3 Å². The summed E-state index contributed by atoms with van der Waals surface area (Å²) < 4.78 is 7.92. The van der Waals surface area contributed by atoms with Gasteiger partial charge in [0.1, 0.15) is 0 Å². The van der Waals surface area contributed by atoms with Crippen LogP contribution in [0.4, 0.5) is 5.69 Å². The van der Waals surface area contributed by atoms with Gasteiger partial charge in [0.2, 0.25) is 0 Å². The van der Waals surface area contributed by atoms with Crippen LogP contribution in [0.5, 0.6) is 0 Å². The summed E-state index contributed by atoms with van der Waals surface area (Å²) in [6.45, 7) is 1.95. The Kier molecular flexibility index (Phi) is 2.77. The molecule has 1 aromatic heterocycles. The number of aryl methyl sites for hydroxylation is 1. The SMILES string of the molecule is Nc1cccc2c1ccn2CCC1CCCO1. The van der Waals surface area contributed by atoms with Gasteiger partial charge >= 0.3 is 0 Å². The fourth-order valence-electron chi connectivity index (χ4n) is 2.60. The minimum Gasteiger partial charge on any atom is -0.398 e. The smallest absolute Gasteiger partial charge is 0.0593 e. The van der Waals surface area contributed by atoms with E-state index in [2.05, 4.69) is 22.9 Å². The van der Waals surface area contributed by atoms with Crippen LogP contribution in [-0.4, -0.2) is 17.3 Å². The largest absolute Gasteiger partial charge is 0.398 e. The molecule has 17 heavy (non-hydrogen) atoms. The van der Waals surface area contributed by atoms with Gasteiger partial charge in [-0.25, -0.2) is 0 Å². The Balaban J connectivity index is 1.78. The molecule has 2 aromatic rings. The van der Waals surface area contributed by atoms with Crippen LogP contribution in [0, 0.1) is 0 Å². The van der Waals surface area contributed by atoms with Crippen LogP contribution in [0.1, 0.15) is 19.3 Å². The molecule has 3 heteroatoms. The first kappa shape index (κ1) is 10.7. The number of fused-ring (bicyclic) bond motifs is 1. The number of hydrogen-bond donors (Lipinski definition) is 1. The average Bonchev–Trinajstić information content (AvgIpc) is 2.95. The molecule has 0 radical (unpaired) electrons. The third-order valence-corrected chi connectivity index (χ3v) is 3.56. The molecule has 1 unspecified atom stereocenters. The van der Waals surface area contributed by atoms with E-state index in [1.165, 1.54) is 18.4 Å². The Morgan fingerprint density at radius 1 is 1.35 bits per heavy atom. The van der Waals surface area contributed by atoms with Crippen LogP contribution in [0.15, 0.2) is 30.5 Å². The van der Waals surface area contributed by atoms with E-state index in [-0.39, 0.29) is 0 Å². The van der Waals surface area contributed by atoms with Crippen LogP contribution >= 0.6 is 0 Å². The Bertz CT molecular complexity index is 512. The lowest BCUT2D eigenvalue weighted by atomic mass is 10.2. The number of anilines is 1. The predicted molar refractivity (Wildman–Crippen MR) is 69.9 cm³/mol. The molecule has 0 bridgehead atoms. The number of nitrogens with two attached hydrogens (primary N) is 1. The van der Waals surface area contributed by atoms with E-state index in [9.17, 15) is 0 Å². The topological polar surface area (TPSA) is 40.2 Å². The molecule has 0 saturated carbocycles. The Morgan fingerprint density at radius 3 is 3.12 bits per heavy atom. The lowest BCUT2D eigenvalue weighted by Crippen LogP contribution is -2.09. The highest BCUT2D eigenvalue weighted by Gasteiger charge is 2.15. The van der Waals surface area contributed by atoms with Crippen molar-refractivity contribution in [2.45, 2.75) is 31.9 Å². The van der Waals surface area contributed by atoms with Crippen molar-refractivity contribution in [3.8, 4) is 0 Å². The van der Waals surface area contributed by atoms with Crippen LogP contribution in [0.3, 0.4) is 0 Å². The van der Waals surface area contributed by atoms with Gasteiger partial charge in [0.05, 0.1) is 11.6 Å². The van der Waals surface area contributed by atoms with Gasteiger partial charge in [-0.1, -0.05) is 6.07 Å². The quantitative estimate of drug-likeness (QED) is 0.824. The Labute approximate surface area is 101 Å². The molecule has 1 saturated heterocycles. The van der Waals surface area contributed by atoms with Crippen molar-refractivity contribution in [2.75, 3.05) is 12.3 Å². The van der Waals surface area contributed by atoms with Crippen molar-refractivity contribution < 1.29 is 4.74 Å². The Morgan fingerprint density at radius 2 is 2.29 bits per heavy atom. The third kappa shape index (κ3) is 2.03. The summed E-state index contributed by atoms with van der Waals surface area (Å²) >= 11 is 0. The Hall–Kier alpha value is -1.48. The summed E-state index contributed by atoms with van der Waals surface area (Å²) in [7, 11) is 0. The molecular weight excluding hydrogens is 212 g/mol. The van der Waals surface area contributed by atoms with Crippen molar-refractivity contribution in [1.29, 1.82) is 0 Å². The van der Waals surface area contributed by atoms with Gasteiger partial charge in [0.25, 0.3) is 0 Å². The molecule has 1 aliphatic heterocycles. The fraction of sp³-hybridized carbons (Fsp3) is 0.429. The lowest BCUT2D eigenvalue weighted by Gasteiger charge is -2.10. The number of rotatable bonds is 3. The molecule has 0 spiro atoms. The first-order valence-electron chi connectivity index (χ1n) is 6.29. The van der Waals surface area contributed by atoms with E-state index in [1.807, 2.05) is 12.1 Å². The molecule has 3 nitrogen and oxygen atoms in total. The van der Waals surface area contributed by atoms with Crippen LogP contribution < -0.4 is 5.73 Å².